The number of nitrogens with one attached hydrogen (secondary N) is 2. The van der Waals surface area contributed by atoms with Gasteiger partial charge in [0.25, 0.3) is 0 Å². The van der Waals surface area contributed by atoms with Gasteiger partial charge in [-0.3, -0.25) is 10.2 Å². The third-order valence-electron chi connectivity index (χ3n) is 3.96. The molecule has 0 aliphatic carbocycles. The Morgan fingerprint density at radius 2 is 1.96 bits per heavy atom. The Morgan fingerprint density at radius 1 is 1.27 bits per heavy atom. The molecule has 1 amide bonds. The maximum Gasteiger partial charge on any atom is 0.235 e. The van der Waals surface area contributed by atoms with Crippen molar-refractivity contribution < 1.29 is 13.9 Å². The zero-order chi connectivity index (χ0) is 19.1. The molecule has 0 radical (unpaired) electrons. The smallest absolute Gasteiger partial charge is 0.235 e. The van der Waals surface area contributed by atoms with Gasteiger partial charge in [0.15, 0.2) is 11.6 Å². The molecule has 2 aromatic carbocycles. The van der Waals surface area contributed by atoms with Crippen LogP contribution in [-0.4, -0.2) is 11.9 Å². The van der Waals surface area contributed by atoms with E-state index in [1.54, 1.807) is 36.4 Å². The van der Waals surface area contributed by atoms with Gasteiger partial charge in [0.05, 0.1) is 5.02 Å². The fourth-order valence-corrected chi connectivity index (χ4v) is 2.87. The van der Waals surface area contributed by atoms with Gasteiger partial charge in [-0.2, -0.15) is 0 Å². The molecule has 5 nitrogen and oxygen atoms in total. The van der Waals surface area contributed by atoms with Gasteiger partial charge in [-0.15, -0.1) is 0 Å². The molecule has 0 saturated carbocycles. The average Bonchev–Trinajstić information content (AvgIpc) is 2.64. The fraction of sp³-hybridized carbons (Fsp3) is 0.316. The quantitative estimate of drug-likeness (QED) is 0.367. The highest BCUT2D eigenvalue weighted by molar-refractivity contribution is 6.32. The molecule has 2 atom stereocenters. The van der Waals surface area contributed by atoms with Crippen molar-refractivity contribution in [2.45, 2.75) is 38.8 Å². The summed E-state index contributed by atoms with van der Waals surface area (Å²) in [4.78, 5) is 11.4. The number of carbonyl (C=O) groups excluding carboxylic acids is 1. The first-order valence-corrected chi connectivity index (χ1v) is 8.80. The van der Waals surface area contributed by atoms with E-state index in [9.17, 15) is 4.79 Å². The number of hydrogen-bond donors (Lipinski definition) is 3. The highest BCUT2D eigenvalue weighted by Gasteiger charge is 2.22. The number of nitrogens with two attached hydrogens (primary N) is 1. The van der Waals surface area contributed by atoms with Crippen LogP contribution in [0.15, 0.2) is 42.5 Å². The second-order valence-electron chi connectivity index (χ2n) is 6.00. The second kappa shape index (κ2) is 9.52. The monoisotopic (exact) mass is 379 g/mol. The van der Waals surface area contributed by atoms with Crippen LogP contribution in [0.1, 0.15) is 38.3 Å². The van der Waals surface area contributed by atoms with Gasteiger partial charge in [-0.1, -0.05) is 42.8 Å². The van der Waals surface area contributed by atoms with Crippen molar-refractivity contribution in [2.24, 2.45) is 5.84 Å². The van der Waals surface area contributed by atoms with Crippen LogP contribution in [-0.2, 0) is 4.79 Å². The van der Waals surface area contributed by atoms with Crippen molar-refractivity contribution in [2.75, 3.05) is 0 Å². The minimum Gasteiger partial charge on any atom is -0.453 e. The molecular weight excluding hydrogens is 357 g/mol. The standard InChI is InChI=1S/C19H23ClFN3O2/c1-3-16(23-12(2)11-17(25)24-22)14-9-10-15(20)19(18(14)21)26-13-7-5-4-6-8-13/h4-10,12,16,23H,3,11,22H2,1-2H3,(H,24,25)/t12-,16-/m1/s1. The Bertz CT molecular complexity index is 743. The van der Waals surface area contributed by atoms with Gasteiger partial charge in [-0.25, -0.2) is 10.2 Å². The van der Waals surface area contributed by atoms with E-state index in [-0.39, 0.29) is 35.2 Å². The van der Waals surface area contributed by atoms with E-state index in [0.29, 0.717) is 17.7 Å². The SMILES string of the molecule is CC[C@@H](N[C@H](C)CC(=O)NN)c1ccc(Cl)c(Oc2ccccc2)c1F. The van der Waals surface area contributed by atoms with Crippen LogP contribution < -0.4 is 21.3 Å². The molecule has 0 aliphatic rings. The largest absolute Gasteiger partial charge is 0.453 e. The molecule has 2 rings (SSSR count). The molecule has 4 N–H and O–H groups in total. The molecule has 26 heavy (non-hydrogen) atoms. The van der Waals surface area contributed by atoms with Crippen LogP contribution >= 0.6 is 11.6 Å². The Kier molecular flexibility index (Phi) is 7.38. The number of para-hydroxylation sites is 1. The molecule has 0 fully saturated rings. The zero-order valence-electron chi connectivity index (χ0n) is 14.8. The lowest BCUT2D eigenvalue weighted by atomic mass is 10.0. The van der Waals surface area contributed by atoms with Crippen molar-refractivity contribution >= 4 is 17.5 Å². The van der Waals surface area contributed by atoms with E-state index in [0.717, 1.165) is 0 Å². The summed E-state index contributed by atoms with van der Waals surface area (Å²) in [7, 11) is 0. The Hall–Kier alpha value is -2.15. The number of carbonyl (C=O) groups is 1. The minimum absolute atomic E-state index is 0.0111. The van der Waals surface area contributed by atoms with E-state index in [4.69, 9.17) is 22.2 Å². The van der Waals surface area contributed by atoms with Crippen LogP contribution in [0, 0.1) is 5.82 Å². The molecule has 0 heterocycles. The Labute approximate surface area is 157 Å². The summed E-state index contributed by atoms with van der Waals surface area (Å²) in [6.07, 6.45) is 0.813. The molecule has 0 aliphatic heterocycles. The topological polar surface area (TPSA) is 76.4 Å². The molecule has 2 aromatic rings. The van der Waals surface area contributed by atoms with Gasteiger partial charge in [0.2, 0.25) is 5.91 Å². The summed E-state index contributed by atoms with van der Waals surface area (Å²) in [5.74, 6) is 4.79. The van der Waals surface area contributed by atoms with Crippen molar-refractivity contribution in [3.05, 3.63) is 58.9 Å². The van der Waals surface area contributed by atoms with E-state index in [1.807, 2.05) is 19.9 Å². The molecule has 0 saturated heterocycles. The van der Waals surface area contributed by atoms with Crippen LogP contribution in [0.2, 0.25) is 5.02 Å². The van der Waals surface area contributed by atoms with Gasteiger partial charge < -0.3 is 10.1 Å². The lowest BCUT2D eigenvalue weighted by Gasteiger charge is -2.23. The van der Waals surface area contributed by atoms with Crippen molar-refractivity contribution in [1.82, 2.24) is 10.7 Å². The van der Waals surface area contributed by atoms with Crippen LogP contribution in [0.25, 0.3) is 0 Å². The number of amides is 1. The van der Waals surface area contributed by atoms with Crippen molar-refractivity contribution in [3.8, 4) is 11.5 Å². The third-order valence-corrected chi connectivity index (χ3v) is 4.26. The molecular formula is C19H23ClFN3O2. The average molecular weight is 380 g/mol. The first kappa shape index (κ1) is 20.2. The number of halogens is 2. The molecule has 7 heteroatoms. The second-order valence-corrected chi connectivity index (χ2v) is 6.40. The van der Waals surface area contributed by atoms with Crippen LogP contribution in [0.3, 0.4) is 0 Å². The maximum absolute atomic E-state index is 15.1. The molecule has 0 spiro atoms. The molecule has 140 valence electrons. The molecule has 0 unspecified atom stereocenters. The van der Waals surface area contributed by atoms with E-state index >= 15 is 4.39 Å². The van der Waals surface area contributed by atoms with Crippen molar-refractivity contribution in [3.63, 3.8) is 0 Å². The first-order valence-electron chi connectivity index (χ1n) is 8.42. The first-order chi connectivity index (χ1) is 12.5. The highest BCUT2D eigenvalue weighted by atomic mass is 35.5. The summed E-state index contributed by atoms with van der Waals surface area (Å²) < 4.78 is 20.7. The van der Waals surface area contributed by atoms with E-state index < -0.39 is 5.82 Å². The summed E-state index contributed by atoms with van der Waals surface area (Å²) in [6.45, 7) is 3.77. The van der Waals surface area contributed by atoms with Gasteiger partial charge >= 0.3 is 0 Å². The Morgan fingerprint density at radius 3 is 2.58 bits per heavy atom. The predicted octanol–water partition coefficient (Wildman–Crippen LogP) is 4.08. The zero-order valence-corrected chi connectivity index (χ0v) is 15.5. The summed E-state index contributed by atoms with van der Waals surface area (Å²) in [6, 6.07) is 11.7. The minimum atomic E-state index is -0.517. The lowest BCUT2D eigenvalue weighted by Crippen LogP contribution is -2.38. The van der Waals surface area contributed by atoms with Gasteiger partial charge in [0.1, 0.15) is 5.75 Å². The van der Waals surface area contributed by atoms with Crippen LogP contribution in [0.4, 0.5) is 4.39 Å². The maximum atomic E-state index is 15.1. The Balaban J connectivity index is 2.24. The number of hydrogen-bond acceptors (Lipinski definition) is 4. The number of ether oxygens (including phenoxy) is 1. The molecule has 0 bridgehead atoms. The summed E-state index contributed by atoms with van der Waals surface area (Å²) in [5.41, 5.74) is 2.52. The van der Waals surface area contributed by atoms with E-state index in [1.165, 1.54) is 0 Å². The third kappa shape index (κ3) is 5.17. The van der Waals surface area contributed by atoms with Gasteiger partial charge in [0, 0.05) is 24.1 Å². The van der Waals surface area contributed by atoms with Gasteiger partial charge in [-0.05, 0) is 31.5 Å². The number of rotatable bonds is 8. The number of hydrazine groups is 1. The number of benzene rings is 2. The predicted molar refractivity (Wildman–Crippen MR) is 101 cm³/mol. The lowest BCUT2D eigenvalue weighted by molar-refractivity contribution is -0.121. The fourth-order valence-electron chi connectivity index (χ4n) is 2.68. The van der Waals surface area contributed by atoms with E-state index in [2.05, 4.69) is 10.7 Å². The molecule has 0 aromatic heterocycles. The van der Waals surface area contributed by atoms with Crippen molar-refractivity contribution in [1.29, 1.82) is 0 Å². The highest BCUT2D eigenvalue weighted by Crippen LogP contribution is 2.36. The summed E-state index contributed by atoms with van der Waals surface area (Å²) in [5, 5.41) is 3.44. The normalized spacial score (nSPS) is 13.1. The summed E-state index contributed by atoms with van der Waals surface area (Å²) >= 11 is 6.14. The van der Waals surface area contributed by atoms with Crippen LogP contribution in [0.5, 0.6) is 11.5 Å².